The van der Waals surface area contributed by atoms with Crippen LogP contribution in [0.3, 0.4) is 0 Å². The second-order valence-corrected chi connectivity index (χ2v) is 4.59. The first-order valence-corrected chi connectivity index (χ1v) is 5.57. The van der Waals surface area contributed by atoms with Gasteiger partial charge in [-0.1, -0.05) is 23.7 Å². The topological polar surface area (TPSA) is 9.72 Å². The summed E-state index contributed by atoms with van der Waals surface area (Å²) < 4.78 is 6.37. The van der Waals surface area contributed by atoms with Crippen LogP contribution >= 0.6 is 11.6 Å². The monoisotopic (exact) mass is 231 g/mol. The normalized spacial score (nSPS) is 19.4. The third-order valence-electron chi connectivity index (χ3n) is 2.67. The van der Waals surface area contributed by atoms with Gasteiger partial charge in [-0.05, 0) is 38.7 Å². The largest absolute Gasteiger partial charge is 0.367 e. The van der Waals surface area contributed by atoms with Gasteiger partial charge in [0.2, 0.25) is 0 Å². The quantitative estimate of drug-likeness (QED) is 0.625. The molecule has 2 radical (unpaired) electrons. The minimum atomic E-state index is 0.230. The van der Waals surface area contributed by atoms with Crippen LogP contribution < -0.4 is 5.46 Å². The second-order valence-electron chi connectivity index (χ2n) is 4.15. The molecule has 0 amide bonds. The molecule has 0 aliphatic carbocycles. The lowest BCUT2D eigenvalue weighted by Crippen LogP contribution is -2.68. The number of rotatable bonds is 1. The van der Waals surface area contributed by atoms with Crippen molar-refractivity contribution in [2.45, 2.75) is 0 Å². The molecule has 2 rings (SSSR count). The van der Waals surface area contributed by atoms with Crippen molar-refractivity contribution in [2.75, 3.05) is 21.1 Å². The summed E-state index contributed by atoms with van der Waals surface area (Å²) in [5.41, 5.74) is 1.23. The molecule has 0 bridgehead atoms. The van der Waals surface area contributed by atoms with Gasteiger partial charge < -0.3 is 14.2 Å². The van der Waals surface area contributed by atoms with E-state index in [0.29, 0.717) is 0 Å². The summed E-state index contributed by atoms with van der Waals surface area (Å²) in [6.07, 6.45) is 0. The van der Waals surface area contributed by atoms with Crippen LogP contribution in [0, 0.1) is 0 Å². The van der Waals surface area contributed by atoms with E-state index in [9.17, 15) is 0 Å². The molecule has 80 valence electrons. The van der Waals surface area contributed by atoms with Crippen molar-refractivity contribution in [3.05, 3.63) is 29.3 Å². The summed E-state index contributed by atoms with van der Waals surface area (Å²) in [5.74, 6) is 0. The Bertz CT molecular complexity index is 350. The Morgan fingerprint density at radius 2 is 1.50 bits per heavy atom. The maximum atomic E-state index is 5.90. The lowest BCUT2D eigenvalue weighted by Gasteiger charge is -2.40. The van der Waals surface area contributed by atoms with E-state index in [1.807, 2.05) is 23.9 Å². The number of nitrogens with zero attached hydrogens (tertiary/aromatic N) is 3. The second kappa shape index (κ2) is 4.84. The van der Waals surface area contributed by atoms with E-state index < -0.39 is 0 Å². The molecule has 0 spiro atoms. The number of hydrogen-bond donors (Lipinski definition) is 0. The summed E-state index contributed by atoms with van der Waals surface area (Å²) in [6, 6.07) is 7.98. The Kier molecular flexibility index (Phi) is 3.65. The van der Waals surface area contributed by atoms with Crippen molar-refractivity contribution in [2.24, 2.45) is 0 Å². The van der Waals surface area contributed by atoms with Gasteiger partial charge in [-0.15, -0.1) is 0 Å². The molecule has 1 aliphatic rings. The third kappa shape index (κ3) is 2.46. The highest BCUT2D eigenvalue weighted by Crippen LogP contribution is 2.08. The molecule has 1 aromatic rings. The Morgan fingerprint density at radius 3 is 2.00 bits per heavy atom. The van der Waals surface area contributed by atoms with Gasteiger partial charge in [0.05, 0.1) is 0 Å². The van der Waals surface area contributed by atoms with Gasteiger partial charge in [0.25, 0.3) is 15.1 Å². The molecule has 1 aliphatic heterocycles. The summed E-state index contributed by atoms with van der Waals surface area (Å²) in [6.45, 7) is 0.230. The Labute approximate surface area is 104 Å². The van der Waals surface area contributed by atoms with Crippen LogP contribution in [0.15, 0.2) is 24.3 Å². The summed E-state index contributed by atoms with van der Waals surface area (Å²) in [7, 11) is 10.3. The standard InChI is InChI=1S/C9H13B3ClN3/c1-14-10-15(2)12(16(3)11-14)8-4-6-9(13)7-5-8/h4-7H,1-3H3. The lowest BCUT2D eigenvalue weighted by molar-refractivity contribution is 0.586. The molecule has 1 fully saturated rings. The number of hydrogen-bond acceptors (Lipinski definition) is 3. The molecule has 0 N–H and O–H groups in total. The van der Waals surface area contributed by atoms with E-state index in [1.165, 1.54) is 5.46 Å². The van der Waals surface area contributed by atoms with Gasteiger partial charge >= 0.3 is 6.98 Å². The van der Waals surface area contributed by atoms with Crippen LogP contribution in [-0.4, -0.2) is 57.4 Å². The molecule has 0 aromatic heterocycles. The van der Waals surface area contributed by atoms with E-state index in [1.54, 1.807) is 0 Å². The zero-order valence-electron chi connectivity index (χ0n) is 9.76. The molecular formula is C9H13B3ClN3. The van der Waals surface area contributed by atoms with Crippen molar-refractivity contribution in [1.29, 1.82) is 0 Å². The van der Waals surface area contributed by atoms with Crippen molar-refractivity contribution in [3.8, 4) is 0 Å². The molecule has 0 atom stereocenters. The zero-order chi connectivity index (χ0) is 11.7. The molecule has 1 aromatic carbocycles. The number of benzene rings is 1. The molecule has 16 heavy (non-hydrogen) atoms. The van der Waals surface area contributed by atoms with Gasteiger partial charge in [0, 0.05) is 5.02 Å². The maximum Gasteiger partial charge on any atom is 0.324 e. The van der Waals surface area contributed by atoms with E-state index >= 15 is 0 Å². The first-order chi connectivity index (χ1) is 7.58. The molecule has 7 heteroatoms. The third-order valence-corrected chi connectivity index (χ3v) is 2.92. The fraction of sp³-hybridized carbons (Fsp3) is 0.333. The zero-order valence-corrected chi connectivity index (χ0v) is 10.5. The lowest BCUT2D eigenvalue weighted by atomic mass is 9.55. The first kappa shape index (κ1) is 12.1. The van der Waals surface area contributed by atoms with Gasteiger partial charge in [-0.25, -0.2) is 0 Å². The molecule has 1 saturated heterocycles. The Balaban J connectivity index is 2.22. The van der Waals surface area contributed by atoms with Crippen molar-refractivity contribution in [1.82, 2.24) is 14.2 Å². The van der Waals surface area contributed by atoms with Crippen molar-refractivity contribution >= 4 is 39.1 Å². The molecule has 1 heterocycles. The number of halogens is 1. The fourth-order valence-electron chi connectivity index (χ4n) is 2.12. The Morgan fingerprint density at radius 1 is 1.00 bits per heavy atom. The minimum absolute atomic E-state index is 0.230. The van der Waals surface area contributed by atoms with Crippen molar-refractivity contribution < 1.29 is 0 Å². The molecule has 0 unspecified atom stereocenters. The maximum absolute atomic E-state index is 5.90. The highest BCUT2D eigenvalue weighted by atomic mass is 35.5. The van der Waals surface area contributed by atoms with Crippen molar-refractivity contribution in [3.63, 3.8) is 0 Å². The fourth-order valence-corrected chi connectivity index (χ4v) is 2.25. The van der Waals surface area contributed by atoms with E-state index in [-0.39, 0.29) is 6.98 Å². The van der Waals surface area contributed by atoms with E-state index in [2.05, 4.69) is 50.8 Å². The minimum Gasteiger partial charge on any atom is -0.367 e. The molecular weight excluding hydrogens is 218 g/mol. The Hall–Kier alpha value is -0.415. The van der Waals surface area contributed by atoms with Crippen LogP contribution in [0.2, 0.25) is 5.02 Å². The van der Waals surface area contributed by atoms with Crippen LogP contribution in [0.4, 0.5) is 0 Å². The average Bonchev–Trinajstić information content (AvgIpc) is 2.19. The van der Waals surface area contributed by atoms with Crippen LogP contribution in [0.1, 0.15) is 0 Å². The van der Waals surface area contributed by atoms with E-state index in [4.69, 9.17) is 11.6 Å². The van der Waals surface area contributed by atoms with Crippen LogP contribution in [0.25, 0.3) is 0 Å². The van der Waals surface area contributed by atoms with Crippen LogP contribution in [0.5, 0.6) is 0 Å². The van der Waals surface area contributed by atoms with E-state index in [0.717, 1.165) is 5.02 Å². The molecule has 3 nitrogen and oxygen atoms in total. The van der Waals surface area contributed by atoms with Gasteiger partial charge in [-0.3, -0.25) is 0 Å². The first-order valence-electron chi connectivity index (χ1n) is 5.19. The molecule has 0 saturated carbocycles. The predicted molar refractivity (Wildman–Crippen MR) is 71.6 cm³/mol. The predicted octanol–water partition coefficient (Wildman–Crippen LogP) is -0.0874. The summed E-state index contributed by atoms with van der Waals surface area (Å²) in [4.78, 5) is 0. The highest BCUT2D eigenvalue weighted by Gasteiger charge is 2.34. The SMILES string of the molecule is CN1[B]N(C)B(c2ccc(Cl)cc2)N(C)[B]1. The van der Waals surface area contributed by atoms with Gasteiger partial charge in [0.15, 0.2) is 0 Å². The van der Waals surface area contributed by atoms with Gasteiger partial charge in [-0.2, -0.15) is 0 Å². The summed E-state index contributed by atoms with van der Waals surface area (Å²) in [5, 5.41) is 0.773. The van der Waals surface area contributed by atoms with Gasteiger partial charge in [0.1, 0.15) is 0 Å². The highest BCUT2D eigenvalue weighted by molar-refractivity contribution is 6.82. The summed E-state index contributed by atoms with van der Waals surface area (Å²) >= 11 is 5.90. The smallest absolute Gasteiger partial charge is 0.324 e. The average molecular weight is 231 g/mol. The van der Waals surface area contributed by atoms with Crippen LogP contribution in [-0.2, 0) is 0 Å².